The fourth-order valence-corrected chi connectivity index (χ4v) is 2.23. The summed E-state index contributed by atoms with van der Waals surface area (Å²) in [6, 6.07) is 17.6. The third kappa shape index (κ3) is 4.35. The Hall–Kier alpha value is -2.29. The molecule has 2 rings (SSSR count). The van der Waals surface area contributed by atoms with Gasteiger partial charge in [0.15, 0.2) is 6.10 Å². The molecule has 0 aromatic heterocycles. The van der Waals surface area contributed by atoms with Crippen LogP contribution in [-0.4, -0.2) is 12.0 Å². The van der Waals surface area contributed by atoms with E-state index in [-0.39, 0.29) is 11.9 Å². The molecular weight excluding hydrogens is 274 g/mol. The van der Waals surface area contributed by atoms with Crippen molar-refractivity contribution in [3.8, 4) is 5.75 Å². The van der Waals surface area contributed by atoms with Gasteiger partial charge in [-0.3, -0.25) is 4.79 Å². The van der Waals surface area contributed by atoms with E-state index in [0.717, 1.165) is 5.56 Å². The molecule has 116 valence electrons. The summed E-state index contributed by atoms with van der Waals surface area (Å²) in [6.45, 7) is 5.98. The minimum absolute atomic E-state index is 0.0403. The molecule has 0 aliphatic heterocycles. The number of para-hydroxylation sites is 1. The minimum Gasteiger partial charge on any atom is -0.481 e. The van der Waals surface area contributed by atoms with Gasteiger partial charge in [0, 0.05) is 0 Å². The highest BCUT2D eigenvalue weighted by Crippen LogP contribution is 2.16. The Kier molecular flexibility index (Phi) is 5.59. The molecule has 0 spiro atoms. The SMILES string of the molecule is CC[C@H](Oc1ccccc1)C(=O)N[C@@H](C)c1ccc(C)cc1. The monoisotopic (exact) mass is 297 g/mol. The highest BCUT2D eigenvalue weighted by atomic mass is 16.5. The van der Waals surface area contributed by atoms with Crippen molar-refractivity contribution in [1.29, 1.82) is 0 Å². The summed E-state index contributed by atoms with van der Waals surface area (Å²) in [5, 5.41) is 3.02. The van der Waals surface area contributed by atoms with Crippen LogP contribution in [-0.2, 0) is 4.79 Å². The topological polar surface area (TPSA) is 38.3 Å². The van der Waals surface area contributed by atoms with E-state index in [1.165, 1.54) is 5.56 Å². The molecule has 2 atom stereocenters. The van der Waals surface area contributed by atoms with Crippen LogP contribution in [0.3, 0.4) is 0 Å². The lowest BCUT2D eigenvalue weighted by Crippen LogP contribution is -2.39. The molecule has 0 aliphatic carbocycles. The van der Waals surface area contributed by atoms with E-state index in [1.807, 2.05) is 63.2 Å². The number of carbonyl (C=O) groups excluding carboxylic acids is 1. The normalized spacial score (nSPS) is 13.2. The van der Waals surface area contributed by atoms with Crippen LogP contribution in [0.15, 0.2) is 54.6 Å². The van der Waals surface area contributed by atoms with Gasteiger partial charge < -0.3 is 10.1 Å². The molecule has 2 aromatic rings. The molecule has 3 heteroatoms. The number of rotatable bonds is 6. The minimum atomic E-state index is -0.477. The first kappa shape index (κ1) is 16.1. The standard InChI is InChI=1S/C19H23NO2/c1-4-18(22-17-8-6-5-7-9-17)19(21)20-15(3)16-12-10-14(2)11-13-16/h5-13,15,18H,4H2,1-3H3,(H,20,21)/t15-,18-/m0/s1. The lowest BCUT2D eigenvalue weighted by atomic mass is 10.1. The molecule has 2 aromatic carbocycles. The number of benzene rings is 2. The second-order valence-electron chi connectivity index (χ2n) is 5.47. The second kappa shape index (κ2) is 7.64. The predicted molar refractivity (Wildman–Crippen MR) is 88.9 cm³/mol. The Morgan fingerprint density at radius 3 is 2.32 bits per heavy atom. The first-order valence-corrected chi connectivity index (χ1v) is 7.68. The van der Waals surface area contributed by atoms with Crippen molar-refractivity contribution < 1.29 is 9.53 Å². The van der Waals surface area contributed by atoms with E-state index >= 15 is 0 Å². The van der Waals surface area contributed by atoms with Gasteiger partial charge in [-0.1, -0.05) is 55.0 Å². The first-order valence-electron chi connectivity index (χ1n) is 7.68. The smallest absolute Gasteiger partial charge is 0.261 e. The van der Waals surface area contributed by atoms with Crippen LogP contribution in [0.25, 0.3) is 0 Å². The summed E-state index contributed by atoms with van der Waals surface area (Å²) in [4.78, 5) is 12.4. The highest BCUT2D eigenvalue weighted by Gasteiger charge is 2.20. The van der Waals surface area contributed by atoms with Gasteiger partial charge in [0.25, 0.3) is 5.91 Å². The fraction of sp³-hybridized carbons (Fsp3) is 0.316. The molecule has 1 N–H and O–H groups in total. The maximum absolute atomic E-state index is 12.4. The molecule has 22 heavy (non-hydrogen) atoms. The number of carbonyl (C=O) groups is 1. The molecule has 0 bridgehead atoms. The molecule has 0 fully saturated rings. The zero-order chi connectivity index (χ0) is 15.9. The van der Waals surface area contributed by atoms with Gasteiger partial charge in [-0.05, 0) is 38.0 Å². The van der Waals surface area contributed by atoms with Crippen molar-refractivity contribution in [1.82, 2.24) is 5.32 Å². The third-order valence-electron chi connectivity index (χ3n) is 3.62. The predicted octanol–water partition coefficient (Wildman–Crippen LogP) is 4.03. The third-order valence-corrected chi connectivity index (χ3v) is 3.62. The van der Waals surface area contributed by atoms with Gasteiger partial charge in [0.1, 0.15) is 5.75 Å². The number of nitrogens with one attached hydrogen (secondary N) is 1. The molecule has 0 radical (unpaired) electrons. The van der Waals surface area contributed by atoms with Crippen LogP contribution in [0.1, 0.15) is 37.4 Å². The van der Waals surface area contributed by atoms with Crippen LogP contribution >= 0.6 is 0 Å². The Labute approximate surface area is 132 Å². The Morgan fingerprint density at radius 1 is 1.09 bits per heavy atom. The summed E-state index contributed by atoms with van der Waals surface area (Å²) in [5.41, 5.74) is 2.30. The van der Waals surface area contributed by atoms with Crippen molar-refractivity contribution in [2.45, 2.75) is 39.3 Å². The molecule has 0 unspecified atom stereocenters. The number of hydrogen-bond acceptors (Lipinski definition) is 2. The zero-order valence-corrected chi connectivity index (χ0v) is 13.4. The molecule has 3 nitrogen and oxygen atoms in total. The van der Waals surface area contributed by atoms with Crippen LogP contribution in [0.4, 0.5) is 0 Å². The van der Waals surface area contributed by atoms with Gasteiger partial charge in [0.05, 0.1) is 6.04 Å². The first-order chi connectivity index (χ1) is 10.6. The maximum Gasteiger partial charge on any atom is 0.261 e. The van der Waals surface area contributed by atoms with Gasteiger partial charge in [-0.2, -0.15) is 0 Å². The van der Waals surface area contributed by atoms with Crippen molar-refractivity contribution >= 4 is 5.91 Å². The van der Waals surface area contributed by atoms with Crippen LogP contribution in [0.5, 0.6) is 5.75 Å². The van der Waals surface area contributed by atoms with E-state index in [4.69, 9.17) is 4.74 Å². The summed E-state index contributed by atoms with van der Waals surface area (Å²) >= 11 is 0. The van der Waals surface area contributed by atoms with Crippen LogP contribution in [0, 0.1) is 6.92 Å². The average molecular weight is 297 g/mol. The van der Waals surface area contributed by atoms with Gasteiger partial charge in [-0.15, -0.1) is 0 Å². The number of aryl methyl sites for hydroxylation is 1. The molecule has 0 saturated carbocycles. The van der Waals surface area contributed by atoms with Crippen molar-refractivity contribution in [3.05, 3.63) is 65.7 Å². The van der Waals surface area contributed by atoms with E-state index in [0.29, 0.717) is 12.2 Å². The van der Waals surface area contributed by atoms with E-state index in [1.54, 1.807) is 0 Å². The summed E-state index contributed by atoms with van der Waals surface area (Å²) < 4.78 is 5.77. The van der Waals surface area contributed by atoms with E-state index < -0.39 is 6.10 Å². The molecule has 0 saturated heterocycles. The van der Waals surface area contributed by atoms with Gasteiger partial charge in [0.2, 0.25) is 0 Å². The van der Waals surface area contributed by atoms with Gasteiger partial charge >= 0.3 is 0 Å². The second-order valence-corrected chi connectivity index (χ2v) is 5.47. The largest absolute Gasteiger partial charge is 0.481 e. The number of hydrogen-bond donors (Lipinski definition) is 1. The van der Waals surface area contributed by atoms with Gasteiger partial charge in [-0.25, -0.2) is 0 Å². The Morgan fingerprint density at radius 2 is 1.73 bits per heavy atom. The van der Waals surface area contributed by atoms with Crippen LogP contribution in [0.2, 0.25) is 0 Å². The Balaban J connectivity index is 1.98. The van der Waals surface area contributed by atoms with Crippen molar-refractivity contribution in [2.75, 3.05) is 0 Å². The summed E-state index contributed by atoms with van der Waals surface area (Å²) in [7, 11) is 0. The molecule has 0 aliphatic rings. The number of ether oxygens (including phenoxy) is 1. The lowest BCUT2D eigenvalue weighted by molar-refractivity contribution is -0.128. The molecule has 0 heterocycles. The summed E-state index contributed by atoms with van der Waals surface area (Å²) in [6.07, 6.45) is 0.150. The molecule has 1 amide bonds. The number of amides is 1. The van der Waals surface area contributed by atoms with Crippen molar-refractivity contribution in [3.63, 3.8) is 0 Å². The summed E-state index contributed by atoms with van der Waals surface area (Å²) in [5.74, 6) is 0.631. The highest BCUT2D eigenvalue weighted by molar-refractivity contribution is 5.81. The average Bonchev–Trinajstić information content (AvgIpc) is 2.54. The lowest BCUT2D eigenvalue weighted by Gasteiger charge is -2.21. The van der Waals surface area contributed by atoms with Crippen molar-refractivity contribution in [2.24, 2.45) is 0 Å². The fourth-order valence-electron chi connectivity index (χ4n) is 2.23. The van der Waals surface area contributed by atoms with E-state index in [2.05, 4.69) is 17.4 Å². The Bertz CT molecular complexity index is 593. The zero-order valence-electron chi connectivity index (χ0n) is 13.4. The van der Waals surface area contributed by atoms with Crippen LogP contribution < -0.4 is 10.1 Å². The maximum atomic E-state index is 12.4. The van der Waals surface area contributed by atoms with E-state index in [9.17, 15) is 4.79 Å². The quantitative estimate of drug-likeness (QED) is 0.874. The molecular formula is C19H23NO2.